The van der Waals surface area contributed by atoms with Crippen molar-refractivity contribution in [3.63, 3.8) is 0 Å². The molecule has 1 N–H and O–H groups in total. The van der Waals surface area contributed by atoms with Crippen LogP contribution in [0.15, 0.2) is 24.5 Å². The number of aryl methyl sites for hydroxylation is 1. The van der Waals surface area contributed by atoms with Crippen LogP contribution in [0.2, 0.25) is 0 Å². The van der Waals surface area contributed by atoms with E-state index in [2.05, 4.69) is 26.1 Å². The summed E-state index contributed by atoms with van der Waals surface area (Å²) in [4.78, 5) is 12.4. The van der Waals surface area contributed by atoms with Crippen LogP contribution in [0.25, 0.3) is 0 Å². The predicted octanol–water partition coefficient (Wildman–Crippen LogP) is 2.70. The quantitative estimate of drug-likeness (QED) is 0.845. The first-order valence-corrected chi connectivity index (χ1v) is 7.73. The van der Waals surface area contributed by atoms with Crippen LogP contribution in [-0.4, -0.2) is 11.9 Å². The van der Waals surface area contributed by atoms with Crippen LogP contribution >= 0.6 is 0 Å². The molecule has 110 valence electrons. The Morgan fingerprint density at radius 2 is 2.15 bits per heavy atom. The van der Waals surface area contributed by atoms with E-state index in [1.165, 1.54) is 12.8 Å². The lowest BCUT2D eigenvalue weighted by Gasteiger charge is -2.37. The van der Waals surface area contributed by atoms with Crippen molar-refractivity contribution in [1.29, 1.82) is 0 Å². The minimum absolute atomic E-state index is 0.0611. The molecule has 1 saturated carbocycles. The normalized spacial score (nSPS) is 26.6. The van der Waals surface area contributed by atoms with E-state index in [0.717, 1.165) is 12.0 Å². The highest BCUT2D eigenvalue weighted by Crippen LogP contribution is 2.33. The number of carbonyl (C=O) groups excluding carboxylic acids is 1. The smallest absolute Gasteiger partial charge is 0.257 e. The van der Waals surface area contributed by atoms with Crippen molar-refractivity contribution >= 4 is 5.91 Å². The van der Waals surface area contributed by atoms with Gasteiger partial charge in [-0.05, 0) is 36.7 Å². The molecular weight excluding hydrogens is 248 g/mol. The number of nitrogens with zero attached hydrogens (tertiary/aromatic N) is 1. The van der Waals surface area contributed by atoms with Gasteiger partial charge in [0.1, 0.15) is 12.6 Å². The first kappa shape index (κ1) is 15.0. The van der Waals surface area contributed by atoms with Crippen molar-refractivity contribution in [1.82, 2.24) is 5.32 Å². The van der Waals surface area contributed by atoms with E-state index >= 15 is 0 Å². The average molecular weight is 275 g/mol. The van der Waals surface area contributed by atoms with Crippen molar-refractivity contribution in [3.05, 3.63) is 30.1 Å². The first-order chi connectivity index (χ1) is 9.47. The molecule has 0 spiro atoms. The summed E-state index contributed by atoms with van der Waals surface area (Å²) in [6.07, 6.45) is 7.44. The molecule has 2 rings (SSSR count). The molecule has 3 nitrogen and oxygen atoms in total. The number of hydrogen-bond acceptors (Lipinski definition) is 1. The van der Waals surface area contributed by atoms with Gasteiger partial charge in [0.05, 0.1) is 0 Å². The van der Waals surface area contributed by atoms with Crippen molar-refractivity contribution in [2.75, 3.05) is 0 Å². The van der Waals surface area contributed by atoms with Gasteiger partial charge in [0.25, 0.3) is 5.91 Å². The topological polar surface area (TPSA) is 33.0 Å². The van der Waals surface area contributed by atoms with Gasteiger partial charge in [0, 0.05) is 12.1 Å². The summed E-state index contributed by atoms with van der Waals surface area (Å²) in [6, 6.07) is 4.11. The molecule has 1 aromatic heterocycles. The van der Waals surface area contributed by atoms with Crippen LogP contribution in [0.4, 0.5) is 0 Å². The summed E-state index contributed by atoms with van der Waals surface area (Å²) >= 11 is 0. The number of amides is 1. The van der Waals surface area contributed by atoms with Crippen LogP contribution in [-0.2, 0) is 7.05 Å². The van der Waals surface area contributed by atoms with Crippen molar-refractivity contribution in [3.8, 4) is 0 Å². The summed E-state index contributed by atoms with van der Waals surface area (Å²) < 4.78 is 1.92. The van der Waals surface area contributed by atoms with E-state index in [-0.39, 0.29) is 5.91 Å². The maximum absolute atomic E-state index is 12.4. The molecule has 1 aromatic rings. The SMILES string of the molecule is CC1CCC(C(C)C)C(NC(=O)c2ccc[n+](C)c2)C1. The van der Waals surface area contributed by atoms with Gasteiger partial charge in [0.2, 0.25) is 0 Å². The second-order valence-corrected chi connectivity index (χ2v) is 6.66. The summed E-state index contributed by atoms with van der Waals surface area (Å²) in [5.74, 6) is 2.00. The molecular formula is C17H27N2O+. The van der Waals surface area contributed by atoms with Gasteiger partial charge in [-0.2, -0.15) is 0 Å². The van der Waals surface area contributed by atoms with Gasteiger partial charge in [0.15, 0.2) is 12.4 Å². The van der Waals surface area contributed by atoms with E-state index in [0.29, 0.717) is 23.8 Å². The molecule has 0 saturated heterocycles. The van der Waals surface area contributed by atoms with Gasteiger partial charge in [-0.15, -0.1) is 0 Å². The Hall–Kier alpha value is -1.38. The third-order valence-corrected chi connectivity index (χ3v) is 4.54. The number of pyridine rings is 1. The Morgan fingerprint density at radius 1 is 1.40 bits per heavy atom. The van der Waals surface area contributed by atoms with Crippen LogP contribution in [0.3, 0.4) is 0 Å². The van der Waals surface area contributed by atoms with Gasteiger partial charge in [-0.3, -0.25) is 4.79 Å². The van der Waals surface area contributed by atoms with Crippen molar-refractivity contribution < 1.29 is 9.36 Å². The highest BCUT2D eigenvalue weighted by atomic mass is 16.1. The Labute approximate surface area is 122 Å². The minimum Gasteiger partial charge on any atom is -0.349 e. The van der Waals surface area contributed by atoms with Crippen molar-refractivity contribution in [2.45, 2.75) is 46.1 Å². The lowest BCUT2D eigenvalue weighted by Crippen LogP contribution is -2.46. The minimum atomic E-state index is 0.0611. The molecule has 3 heteroatoms. The number of nitrogens with one attached hydrogen (secondary N) is 1. The molecule has 0 aliphatic heterocycles. The Kier molecular flexibility index (Phi) is 4.79. The number of carbonyl (C=O) groups is 1. The summed E-state index contributed by atoms with van der Waals surface area (Å²) in [6.45, 7) is 6.82. The highest BCUT2D eigenvalue weighted by molar-refractivity contribution is 5.93. The van der Waals surface area contributed by atoms with E-state index in [1.807, 2.05) is 36.1 Å². The average Bonchev–Trinajstić information content (AvgIpc) is 2.38. The lowest BCUT2D eigenvalue weighted by molar-refractivity contribution is -0.671. The Morgan fingerprint density at radius 3 is 2.80 bits per heavy atom. The fourth-order valence-electron chi connectivity index (χ4n) is 3.34. The second kappa shape index (κ2) is 6.38. The third-order valence-electron chi connectivity index (χ3n) is 4.54. The van der Waals surface area contributed by atoms with Crippen LogP contribution in [0, 0.1) is 17.8 Å². The first-order valence-electron chi connectivity index (χ1n) is 7.73. The Balaban J connectivity index is 2.08. The maximum Gasteiger partial charge on any atom is 0.257 e. The molecule has 0 radical (unpaired) electrons. The van der Waals surface area contributed by atoms with Gasteiger partial charge in [-0.1, -0.05) is 27.2 Å². The zero-order valence-electron chi connectivity index (χ0n) is 13.1. The summed E-state index contributed by atoms with van der Waals surface area (Å²) in [7, 11) is 1.94. The fraction of sp³-hybridized carbons (Fsp3) is 0.647. The predicted molar refractivity (Wildman–Crippen MR) is 80.2 cm³/mol. The summed E-state index contributed by atoms with van der Waals surface area (Å²) in [5.41, 5.74) is 0.746. The maximum atomic E-state index is 12.4. The zero-order chi connectivity index (χ0) is 14.7. The van der Waals surface area contributed by atoms with Crippen molar-refractivity contribution in [2.24, 2.45) is 24.8 Å². The molecule has 3 atom stereocenters. The second-order valence-electron chi connectivity index (χ2n) is 6.66. The molecule has 1 heterocycles. The standard InChI is InChI=1S/C17H26N2O/c1-12(2)15-8-7-13(3)10-16(15)18-17(20)14-6-5-9-19(4)11-14/h5-6,9,11-13,15-16H,7-8,10H2,1-4H3/p+1. The van der Waals surface area contributed by atoms with Gasteiger partial charge in [-0.25, -0.2) is 4.57 Å². The summed E-state index contributed by atoms with van der Waals surface area (Å²) in [5, 5.41) is 3.27. The number of aromatic nitrogens is 1. The molecule has 0 bridgehead atoms. The van der Waals surface area contributed by atoms with E-state index in [1.54, 1.807) is 0 Å². The highest BCUT2D eigenvalue weighted by Gasteiger charge is 2.32. The van der Waals surface area contributed by atoms with Crippen LogP contribution < -0.4 is 9.88 Å². The van der Waals surface area contributed by atoms with Gasteiger partial charge < -0.3 is 5.32 Å². The molecule has 1 fully saturated rings. The lowest BCUT2D eigenvalue weighted by atomic mass is 9.74. The van der Waals surface area contributed by atoms with E-state index in [4.69, 9.17) is 0 Å². The fourth-order valence-corrected chi connectivity index (χ4v) is 3.34. The van der Waals surface area contributed by atoms with E-state index in [9.17, 15) is 4.79 Å². The molecule has 3 unspecified atom stereocenters. The Bertz CT molecular complexity index is 470. The van der Waals surface area contributed by atoms with E-state index < -0.39 is 0 Å². The molecule has 20 heavy (non-hydrogen) atoms. The molecule has 0 aromatic carbocycles. The number of rotatable bonds is 3. The molecule has 1 aliphatic rings. The zero-order valence-corrected chi connectivity index (χ0v) is 13.1. The molecule has 1 amide bonds. The number of hydrogen-bond donors (Lipinski definition) is 1. The largest absolute Gasteiger partial charge is 0.349 e. The van der Waals surface area contributed by atoms with Gasteiger partial charge >= 0.3 is 0 Å². The molecule has 1 aliphatic carbocycles. The monoisotopic (exact) mass is 275 g/mol. The van der Waals surface area contributed by atoms with Crippen LogP contribution in [0.1, 0.15) is 50.4 Å². The third kappa shape index (κ3) is 3.59. The van der Waals surface area contributed by atoms with Crippen LogP contribution in [0.5, 0.6) is 0 Å².